The van der Waals surface area contributed by atoms with Gasteiger partial charge >= 0.3 is 0 Å². The Morgan fingerprint density at radius 2 is 2.12 bits per heavy atom. The Bertz CT molecular complexity index is 78.6. The Balaban J connectivity index is 3.47. The molecule has 0 saturated heterocycles. The van der Waals surface area contributed by atoms with Gasteiger partial charge in [-0.15, -0.1) is 0 Å². The minimum atomic E-state index is -0.486. The highest BCUT2D eigenvalue weighted by atomic mass is 16.3. The lowest BCUT2D eigenvalue weighted by Gasteiger charge is -2.07. The van der Waals surface area contributed by atoms with E-state index in [1.807, 2.05) is 6.92 Å². The van der Waals surface area contributed by atoms with E-state index in [0.29, 0.717) is 0 Å². The minimum Gasteiger partial charge on any atom is -0.387 e. The highest BCUT2D eigenvalue weighted by molar-refractivity contribution is 4.89. The number of aliphatic hydroxyl groups excluding tert-OH is 1. The van der Waals surface area contributed by atoms with Crippen molar-refractivity contribution in [3.63, 3.8) is 0 Å². The molecule has 0 saturated carbocycles. The molecule has 0 amide bonds. The van der Waals surface area contributed by atoms with Crippen LogP contribution in [0.3, 0.4) is 0 Å². The van der Waals surface area contributed by atoms with Gasteiger partial charge in [-0.2, -0.15) is 0 Å². The first-order valence-electron chi connectivity index (χ1n) is 2.75. The normalized spacial score (nSPS) is 19.0. The fourth-order valence-electron chi connectivity index (χ4n) is 0.372. The molecule has 0 rings (SSSR count). The summed E-state index contributed by atoms with van der Waals surface area (Å²) >= 11 is 0. The number of nitrogens with two attached hydrogens (primary N) is 1. The maximum absolute atomic E-state index is 8.91. The van der Waals surface area contributed by atoms with Crippen LogP contribution in [0.25, 0.3) is 0 Å². The van der Waals surface area contributed by atoms with Gasteiger partial charge in [-0.05, 0) is 13.8 Å². The molecule has 0 spiro atoms. The monoisotopic (exact) mass is 115 g/mol. The van der Waals surface area contributed by atoms with E-state index in [-0.39, 0.29) is 6.04 Å². The summed E-state index contributed by atoms with van der Waals surface area (Å²) in [6.07, 6.45) is 2.97. The molecule has 8 heavy (non-hydrogen) atoms. The van der Waals surface area contributed by atoms with Crippen molar-refractivity contribution in [2.45, 2.75) is 26.0 Å². The summed E-state index contributed by atoms with van der Waals surface area (Å²) in [5, 5.41) is 8.91. The van der Waals surface area contributed by atoms with Crippen molar-refractivity contribution in [1.29, 1.82) is 0 Å². The fourth-order valence-corrected chi connectivity index (χ4v) is 0.372. The third-order valence-corrected chi connectivity index (χ3v) is 0.928. The number of hydrogen-bond donors (Lipinski definition) is 2. The average Bonchev–Trinajstić information content (AvgIpc) is 1.67. The zero-order chi connectivity index (χ0) is 6.57. The van der Waals surface area contributed by atoms with Crippen LogP contribution >= 0.6 is 0 Å². The highest BCUT2D eigenvalue weighted by Gasteiger charge is 2.01. The molecule has 2 atom stereocenters. The molecular weight excluding hydrogens is 102 g/mol. The lowest BCUT2D eigenvalue weighted by Crippen LogP contribution is -2.29. The van der Waals surface area contributed by atoms with Gasteiger partial charge in [0.25, 0.3) is 0 Å². The van der Waals surface area contributed by atoms with Gasteiger partial charge < -0.3 is 10.8 Å². The number of aliphatic hydroxyl groups is 1. The van der Waals surface area contributed by atoms with Crippen molar-refractivity contribution in [3.05, 3.63) is 12.2 Å². The van der Waals surface area contributed by atoms with Crippen LogP contribution in [0.2, 0.25) is 0 Å². The van der Waals surface area contributed by atoms with E-state index in [2.05, 4.69) is 0 Å². The molecule has 2 nitrogen and oxygen atoms in total. The molecule has 0 radical (unpaired) electrons. The number of allylic oxidation sites excluding steroid dienone is 1. The van der Waals surface area contributed by atoms with E-state index >= 15 is 0 Å². The fraction of sp³-hybridized carbons (Fsp3) is 0.667. The van der Waals surface area contributed by atoms with Crippen molar-refractivity contribution in [3.8, 4) is 0 Å². The van der Waals surface area contributed by atoms with E-state index in [0.717, 1.165) is 0 Å². The summed E-state index contributed by atoms with van der Waals surface area (Å²) in [6, 6.07) is -0.161. The molecule has 0 bridgehead atoms. The van der Waals surface area contributed by atoms with Crippen LogP contribution in [0.1, 0.15) is 13.8 Å². The standard InChI is InChI=1S/C6H13NO/c1-3-4-6(8)5(2)7/h3-6,8H,7H2,1-2H3/b4-3+/t5-,6-/m0/s1. The van der Waals surface area contributed by atoms with E-state index in [4.69, 9.17) is 10.8 Å². The molecular formula is C6H13NO. The molecule has 2 heteroatoms. The van der Waals surface area contributed by atoms with Crippen molar-refractivity contribution in [2.24, 2.45) is 5.73 Å². The van der Waals surface area contributed by atoms with Gasteiger partial charge in [0, 0.05) is 6.04 Å². The summed E-state index contributed by atoms with van der Waals surface area (Å²) in [4.78, 5) is 0. The number of rotatable bonds is 2. The molecule has 0 aliphatic carbocycles. The molecule has 0 aliphatic rings. The number of hydrogen-bond acceptors (Lipinski definition) is 2. The summed E-state index contributed by atoms with van der Waals surface area (Å²) < 4.78 is 0. The molecule has 0 unspecified atom stereocenters. The predicted octanol–water partition coefficient (Wildman–Crippen LogP) is 0.271. The van der Waals surface area contributed by atoms with Crippen LogP contribution in [0.4, 0.5) is 0 Å². The van der Waals surface area contributed by atoms with E-state index in [9.17, 15) is 0 Å². The highest BCUT2D eigenvalue weighted by Crippen LogP contribution is 1.89. The Morgan fingerprint density at radius 1 is 1.62 bits per heavy atom. The Labute approximate surface area is 50.0 Å². The third-order valence-electron chi connectivity index (χ3n) is 0.928. The summed E-state index contributed by atoms with van der Waals surface area (Å²) in [7, 11) is 0. The molecule has 3 N–H and O–H groups in total. The van der Waals surface area contributed by atoms with Crippen LogP contribution in [-0.2, 0) is 0 Å². The van der Waals surface area contributed by atoms with Crippen LogP contribution in [0, 0.1) is 0 Å². The molecule has 0 heterocycles. The van der Waals surface area contributed by atoms with Gasteiger partial charge in [-0.25, -0.2) is 0 Å². The zero-order valence-corrected chi connectivity index (χ0v) is 5.33. The third kappa shape index (κ3) is 2.77. The maximum atomic E-state index is 8.91. The topological polar surface area (TPSA) is 46.2 Å². The summed E-state index contributed by atoms with van der Waals surface area (Å²) in [5.41, 5.74) is 5.32. The SMILES string of the molecule is C/C=C/[C@H](O)[C@H](C)N. The Kier molecular flexibility index (Phi) is 3.48. The molecule has 0 aromatic heterocycles. The average molecular weight is 115 g/mol. The second-order valence-electron chi connectivity index (χ2n) is 1.88. The summed E-state index contributed by atoms with van der Waals surface area (Å²) in [6.45, 7) is 3.62. The van der Waals surface area contributed by atoms with Gasteiger partial charge in [-0.3, -0.25) is 0 Å². The van der Waals surface area contributed by atoms with Crippen molar-refractivity contribution in [2.75, 3.05) is 0 Å². The van der Waals surface area contributed by atoms with E-state index < -0.39 is 6.10 Å². The van der Waals surface area contributed by atoms with Gasteiger partial charge in [0.05, 0.1) is 6.10 Å². The lowest BCUT2D eigenvalue weighted by molar-refractivity contribution is 0.198. The van der Waals surface area contributed by atoms with E-state index in [1.54, 1.807) is 19.1 Å². The van der Waals surface area contributed by atoms with E-state index in [1.165, 1.54) is 0 Å². The Morgan fingerprint density at radius 3 is 2.25 bits per heavy atom. The van der Waals surface area contributed by atoms with Crippen LogP contribution in [-0.4, -0.2) is 17.3 Å². The smallest absolute Gasteiger partial charge is 0.0869 e. The quantitative estimate of drug-likeness (QED) is 0.507. The first kappa shape index (κ1) is 7.66. The minimum absolute atomic E-state index is 0.161. The largest absolute Gasteiger partial charge is 0.387 e. The predicted molar refractivity (Wildman–Crippen MR) is 34.5 cm³/mol. The first-order chi connectivity index (χ1) is 3.68. The van der Waals surface area contributed by atoms with Gasteiger partial charge in [0.2, 0.25) is 0 Å². The maximum Gasteiger partial charge on any atom is 0.0869 e. The molecule has 48 valence electrons. The zero-order valence-electron chi connectivity index (χ0n) is 5.33. The van der Waals surface area contributed by atoms with Crippen LogP contribution < -0.4 is 5.73 Å². The van der Waals surface area contributed by atoms with Gasteiger partial charge in [0.1, 0.15) is 0 Å². The summed E-state index contributed by atoms with van der Waals surface area (Å²) in [5.74, 6) is 0. The van der Waals surface area contributed by atoms with Crippen molar-refractivity contribution >= 4 is 0 Å². The van der Waals surface area contributed by atoms with Gasteiger partial charge in [-0.1, -0.05) is 12.2 Å². The molecule has 0 aliphatic heterocycles. The Hall–Kier alpha value is -0.340. The second kappa shape index (κ2) is 3.64. The second-order valence-corrected chi connectivity index (χ2v) is 1.88. The molecule has 0 fully saturated rings. The molecule has 0 aromatic carbocycles. The van der Waals surface area contributed by atoms with Gasteiger partial charge in [0.15, 0.2) is 0 Å². The lowest BCUT2D eigenvalue weighted by atomic mass is 10.2. The van der Waals surface area contributed by atoms with Crippen molar-refractivity contribution < 1.29 is 5.11 Å². The van der Waals surface area contributed by atoms with Crippen LogP contribution in [0.5, 0.6) is 0 Å². The van der Waals surface area contributed by atoms with Crippen LogP contribution in [0.15, 0.2) is 12.2 Å². The first-order valence-corrected chi connectivity index (χ1v) is 2.75. The van der Waals surface area contributed by atoms with Crippen molar-refractivity contribution in [1.82, 2.24) is 0 Å². The molecule has 0 aromatic rings.